The highest BCUT2D eigenvalue weighted by atomic mass is 79.9. The summed E-state index contributed by atoms with van der Waals surface area (Å²) in [6, 6.07) is 9.72. The van der Waals surface area contributed by atoms with E-state index in [1.54, 1.807) is 45.0 Å². The van der Waals surface area contributed by atoms with Gasteiger partial charge in [0.1, 0.15) is 17.1 Å². The number of hydrogen-bond acceptors (Lipinski definition) is 4. The SMILES string of the molecule is COC(=O)C[C@](N[S@@](=O)C(C)(C)C)(c1ccc(Br)cc1)c1ncccc1F. The molecule has 0 bridgehead atoms. The lowest BCUT2D eigenvalue weighted by Gasteiger charge is -2.36. The lowest BCUT2D eigenvalue weighted by Crippen LogP contribution is -2.51. The van der Waals surface area contributed by atoms with Gasteiger partial charge in [0.2, 0.25) is 0 Å². The van der Waals surface area contributed by atoms with E-state index in [1.165, 1.54) is 25.4 Å². The molecule has 2 atom stereocenters. The molecule has 27 heavy (non-hydrogen) atoms. The fourth-order valence-electron chi connectivity index (χ4n) is 2.50. The Morgan fingerprint density at radius 2 is 1.89 bits per heavy atom. The van der Waals surface area contributed by atoms with E-state index in [2.05, 4.69) is 25.6 Å². The first-order chi connectivity index (χ1) is 12.6. The molecule has 0 saturated carbocycles. The maximum absolute atomic E-state index is 14.8. The van der Waals surface area contributed by atoms with Crippen molar-refractivity contribution in [3.05, 3.63) is 64.1 Å². The number of pyridine rings is 1. The first kappa shape index (κ1) is 21.7. The van der Waals surface area contributed by atoms with Gasteiger partial charge in [-0.15, -0.1) is 0 Å². The minimum Gasteiger partial charge on any atom is -0.469 e. The molecule has 1 N–H and O–H groups in total. The molecule has 146 valence electrons. The number of carbonyl (C=O) groups excluding carboxylic acids is 1. The third-order valence-corrected chi connectivity index (χ3v) is 6.13. The quantitative estimate of drug-likeness (QED) is 0.670. The van der Waals surface area contributed by atoms with Crippen LogP contribution in [0.25, 0.3) is 0 Å². The molecule has 0 fully saturated rings. The minimum absolute atomic E-state index is 0.0182. The molecule has 2 rings (SSSR count). The number of nitrogens with one attached hydrogen (secondary N) is 1. The molecule has 0 saturated heterocycles. The molecular weight excluding hydrogens is 435 g/mol. The highest BCUT2D eigenvalue weighted by molar-refractivity contribution is 9.10. The highest BCUT2D eigenvalue weighted by Gasteiger charge is 2.43. The average molecular weight is 457 g/mol. The number of ether oxygens (including phenoxy) is 1. The Hall–Kier alpha value is -1.64. The Bertz CT molecular complexity index is 840. The van der Waals surface area contributed by atoms with Gasteiger partial charge in [0, 0.05) is 10.7 Å². The van der Waals surface area contributed by atoms with Crippen LogP contribution in [-0.4, -0.2) is 27.0 Å². The standard InChI is InChI=1S/C19H22BrFN2O3S/c1-18(2,3)27(25)23-19(12-16(24)26-4,13-7-9-14(20)10-8-13)17-15(21)6-5-11-22-17/h5-11,23H,12H2,1-4H3/t19-,27-/m0/s1. The first-order valence-corrected chi connectivity index (χ1v) is 10.2. The van der Waals surface area contributed by atoms with Crippen molar-refractivity contribution < 1.29 is 18.1 Å². The molecule has 0 radical (unpaired) electrons. The van der Waals surface area contributed by atoms with Crippen LogP contribution >= 0.6 is 15.9 Å². The summed E-state index contributed by atoms with van der Waals surface area (Å²) >= 11 is 3.37. The molecule has 0 aliphatic rings. The Morgan fingerprint density at radius 1 is 1.26 bits per heavy atom. The largest absolute Gasteiger partial charge is 0.469 e. The Balaban J connectivity index is 2.75. The van der Waals surface area contributed by atoms with E-state index in [9.17, 15) is 13.4 Å². The molecule has 0 spiro atoms. The maximum Gasteiger partial charge on any atom is 0.308 e. The zero-order valence-corrected chi connectivity index (χ0v) is 18.0. The van der Waals surface area contributed by atoms with Gasteiger partial charge in [-0.1, -0.05) is 28.1 Å². The van der Waals surface area contributed by atoms with Crippen molar-refractivity contribution in [1.82, 2.24) is 9.71 Å². The summed E-state index contributed by atoms with van der Waals surface area (Å²) in [7, 11) is -0.362. The van der Waals surface area contributed by atoms with E-state index in [1.807, 2.05) is 0 Å². The van der Waals surface area contributed by atoms with E-state index in [0.29, 0.717) is 5.56 Å². The predicted octanol–water partition coefficient (Wildman–Crippen LogP) is 3.84. The fourth-order valence-corrected chi connectivity index (χ4v) is 3.67. The van der Waals surface area contributed by atoms with Gasteiger partial charge in [-0.2, -0.15) is 0 Å². The summed E-state index contributed by atoms with van der Waals surface area (Å²) in [6.45, 7) is 5.36. The van der Waals surface area contributed by atoms with E-state index >= 15 is 0 Å². The molecular formula is C19H22BrFN2O3S. The van der Waals surface area contributed by atoms with Gasteiger partial charge < -0.3 is 4.74 Å². The van der Waals surface area contributed by atoms with Gasteiger partial charge in [-0.3, -0.25) is 9.78 Å². The van der Waals surface area contributed by atoms with Crippen molar-refractivity contribution in [1.29, 1.82) is 0 Å². The van der Waals surface area contributed by atoms with Crippen LogP contribution in [0, 0.1) is 5.82 Å². The lowest BCUT2D eigenvalue weighted by molar-refractivity contribution is -0.141. The zero-order valence-electron chi connectivity index (χ0n) is 15.6. The number of benzene rings is 1. The molecule has 0 unspecified atom stereocenters. The number of nitrogens with zero attached hydrogens (tertiary/aromatic N) is 1. The third kappa shape index (κ3) is 5.00. The van der Waals surface area contributed by atoms with Crippen LogP contribution in [0.3, 0.4) is 0 Å². The summed E-state index contributed by atoms with van der Waals surface area (Å²) in [4.78, 5) is 16.4. The summed E-state index contributed by atoms with van der Waals surface area (Å²) in [6.07, 6.45) is 1.16. The van der Waals surface area contributed by atoms with Crippen LogP contribution < -0.4 is 4.72 Å². The number of methoxy groups -OCH3 is 1. The lowest BCUT2D eigenvalue weighted by atomic mass is 9.83. The van der Waals surface area contributed by atoms with Crippen molar-refractivity contribution in [2.45, 2.75) is 37.5 Å². The molecule has 1 heterocycles. The molecule has 0 aliphatic carbocycles. The Labute approximate surface area is 169 Å². The van der Waals surface area contributed by atoms with Crippen molar-refractivity contribution in [2.75, 3.05) is 7.11 Å². The van der Waals surface area contributed by atoms with Crippen molar-refractivity contribution >= 4 is 32.9 Å². The summed E-state index contributed by atoms with van der Waals surface area (Å²) in [5.41, 5.74) is -0.932. The number of esters is 1. The molecule has 0 amide bonds. The zero-order chi connectivity index (χ0) is 20.2. The highest BCUT2D eigenvalue weighted by Crippen LogP contribution is 2.36. The summed E-state index contributed by atoms with van der Waals surface area (Å²) < 4.78 is 35.7. The molecule has 2 aromatic rings. The van der Waals surface area contributed by atoms with Crippen molar-refractivity contribution in [3.8, 4) is 0 Å². The normalized spacial score (nSPS) is 15.0. The predicted molar refractivity (Wildman–Crippen MR) is 107 cm³/mol. The van der Waals surface area contributed by atoms with E-state index in [0.717, 1.165) is 4.47 Å². The van der Waals surface area contributed by atoms with Gasteiger partial charge in [0.05, 0.1) is 29.3 Å². The molecule has 5 nitrogen and oxygen atoms in total. The van der Waals surface area contributed by atoms with Gasteiger partial charge in [0.15, 0.2) is 0 Å². The number of halogens is 2. The van der Waals surface area contributed by atoms with Crippen LogP contribution in [-0.2, 0) is 26.1 Å². The van der Waals surface area contributed by atoms with E-state index in [4.69, 9.17) is 4.74 Å². The van der Waals surface area contributed by atoms with Crippen LogP contribution in [0.5, 0.6) is 0 Å². The van der Waals surface area contributed by atoms with Gasteiger partial charge >= 0.3 is 5.97 Å². The van der Waals surface area contributed by atoms with Gasteiger partial charge in [0.25, 0.3) is 0 Å². The molecule has 0 aliphatic heterocycles. The third-order valence-electron chi connectivity index (χ3n) is 3.96. The average Bonchev–Trinajstić information content (AvgIpc) is 2.61. The van der Waals surface area contributed by atoms with Gasteiger partial charge in [-0.05, 0) is 50.6 Å². The fraction of sp³-hybridized carbons (Fsp3) is 0.368. The number of aromatic nitrogens is 1. The number of hydrogen-bond donors (Lipinski definition) is 1. The maximum atomic E-state index is 14.8. The summed E-state index contributed by atoms with van der Waals surface area (Å²) in [5.74, 6) is -1.19. The Morgan fingerprint density at radius 3 is 2.41 bits per heavy atom. The topological polar surface area (TPSA) is 68.3 Å². The van der Waals surface area contributed by atoms with Crippen LogP contribution in [0.1, 0.15) is 38.4 Å². The smallest absolute Gasteiger partial charge is 0.308 e. The molecule has 1 aromatic carbocycles. The summed E-state index contributed by atoms with van der Waals surface area (Å²) in [5, 5.41) is 0. The molecule has 1 aromatic heterocycles. The first-order valence-electron chi connectivity index (χ1n) is 8.23. The van der Waals surface area contributed by atoms with Crippen LogP contribution in [0.2, 0.25) is 0 Å². The second-order valence-corrected chi connectivity index (χ2v) is 9.86. The van der Waals surface area contributed by atoms with Crippen LogP contribution in [0.4, 0.5) is 4.39 Å². The Kier molecular flexibility index (Phi) is 6.88. The monoisotopic (exact) mass is 456 g/mol. The second-order valence-electron chi connectivity index (χ2n) is 6.98. The van der Waals surface area contributed by atoms with E-state index in [-0.39, 0.29) is 12.1 Å². The van der Waals surface area contributed by atoms with E-state index < -0.39 is 33.1 Å². The number of rotatable bonds is 6. The van der Waals surface area contributed by atoms with Crippen molar-refractivity contribution in [3.63, 3.8) is 0 Å². The van der Waals surface area contributed by atoms with Crippen molar-refractivity contribution in [2.24, 2.45) is 0 Å². The van der Waals surface area contributed by atoms with Crippen LogP contribution in [0.15, 0.2) is 47.1 Å². The van der Waals surface area contributed by atoms with Gasteiger partial charge in [-0.25, -0.2) is 13.3 Å². The second kappa shape index (κ2) is 8.58. The molecule has 8 heteroatoms. The minimum atomic E-state index is -1.62. The number of carbonyl (C=O) groups is 1.